The van der Waals surface area contributed by atoms with Crippen LogP contribution in [-0.2, 0) is 19.6 Å². The number of amides is 1. The molecule has 28 heavy (non-hydrogen) atoms. The summed E-state index contributed by atoms with van der Waals surface area (Å²) in [6.07, 6.45) is 2.91. The number of aromatic nitrogens is 1. The number of hydrogen-bond acceptors (Lipinski definition) is 6. The lowest BCUT2D eigenvalue weighted by molar-refractivity contribution is -0.129. The predicted octanol–water partition coefficient (Wildman–Crippen LogP) is 0.944. The number of hydrogen-bond donors (Lipinski definition) is 2. The van der Waals surface area contributed by atoms with Crippen LogP contribution in [0, 0.1) is 5.41 Å². The molecule has 0 bridgehead atoms. The van der Waals surface area contributed by atoms with Gasteiger partial charge in [0.1, 0.15) is 0 Å². The molecule has 2 atom stereocenters. The Morgan fingerprint density at radius 2 is 2.07 bits per heavy atom. The maximum absolute atomic E-state index is 12.7. The minimum absolute atomic E-state index is 0.0496. The van der Waals surface area contributed by atoms with Gasteiger partial charge in [0.2, 0.25) is 5.91 Å². The van der Waals surface area contributed by atoms with Gasteiger partial charge in [0.25, 0.3) is 10.0 Å². The van der Waals surface area contributed by atoms with Crippen LogP contribution in [0.3, 0.4) is 0 Å². The van der Waals surface area contributed by atoms with Gasteiger partial charge >= 0.3 is 0 Å². The number of likely N-dealkylation sites (N-methyl/N-ethyl adjacent to an activating group) is 1. The van der Waals surface area contributed by atoms with Crippen LogP contribution in [0.25, 0.3) is 0 Å². The average molecular weight is 411 g/mol. The lowest BCUT2D eigenvalue weighted by Gasteiger charge is -2.26. The molecular formula is C19H30N4O4S. The summed E-state index contributed by atoms with van der Waals surface area (Å²) >= 11 is 0. The average Bonchev–Trinajstić information content (AvgIpc) is 2.82. The zero-order valence-corrected chi connectivity index (χ0v) is 17.8. The van der Waals surface area contributed by atoms with Gasteiger partial charge in [-0.05, 0) is 43.9 Å². The molecule has 2 heterocycles. The second-order valence-electron chi connectivity index (χ2n) is 8.28. The van der Waals surface area contributed by atoms with E-state index in [1.54, 1.807) is 19.2 Å². The Hall–Kier alpha value is -1.84. The van der Waals surface area contributed by atoms with E-state index in [-0.39, 0.29) is 35.2 Å². The molecule has 1 aliphatic rings. The number of sulfonamides is 1. The second kappa shape index (κ2) is 9.11. The smallest absolute Gasteiger partial charge is 0.260 e. The van der Waals surface area contributed by atoms with Gasteiger partial charge in [0.15, 0.2) is 10.8 Å². The summed E-state index contributed by atoms with van der Waals surface area (Å²) in [6.45, 7) is 6.08. The monoisotopic (exact) mass is 410 g/mol. The largest absolute Gasteiger partial charge is 0.345 e. The Labute approximate surface area is 167 Å². The molecule has 0 radical (unpaired) electrons. The minimum atomic E-state index is -3.84. The highest BCUT2D eigenvalue weighted by Crippen LogP contribution is 2.21. The molecular weight excluding hydrogens is 380 g/mol. The molecule has 0 saturated carbocycles. The van der Waals surface area contributed by atoms with Crippen LogP contribution in [-0.4, -0.2) is 61.6 Å². The van der Waals surface area contributed by atoms with Crippen molar-refractivity contribution in [3.8, 4) is 0 Å². The van der Waals surface area contributed by atoms with Crippen molar-refractivity contribution < 1.29 is 18.0 Å². The maximum atomic E-state index is 12.7. The molecule has 2 rings (SSSR count). The predicted molar refractivity (Wildman–Crippen MR) is 106 cm³/mol. The van der Waals surface area contributed by atoms with Gasteiger partial charge in [-0.3, -0.25) is 9.59 Å². The van der Waals surface area contributed by atoms with Crippen molar-refractivity contribution in [2.75, 3.05) is 20.1 Å². The Kier molecular flexibility index (Phi) is 7.30. The highest BCUT2D eigenvalue weighted by atomic mass is 32.2. The third kappa shape index (κ3) is 5.83. The Balaban J connectivity index is 2.07. The maximum Gasteiger partial charge on any atom is 0.260 e. The molecule has 0 aromatic carbocycles. The van der Waals surface area contributed by atoms with Crippen molar-refractivity contribution in [2.45, 2.75) is 57.1 Å². The summed E-state index contributed by atoms with van der Waals surface area (Å²) in [5.74, 6) is -0.548. The fourth-order valence-electron chi connectivity index (χ4n) is 3.20. The zero-order valence-electron chi connectivity index (χ0n) is 16.9. The van der Waals surface area contributed by atoms with E-state index in [1.165, 1.54) is 12.3 Å². The third-order valence-electron chi connectivity index (χ3n) is 4.66. The van der Waals surface area contributed by atoms with Gasteiger partial charge < -0.3 is 10.6 Å². The first-order valence-corrected chi connectivity index (χ1v) is 10.9. The van der Waals surface area contributed by atoms with Crippen molar-refractivity contribution >= 4 is 21.7 Å². The number of nitrogens with one attached hydrogen (secondary N) is 2. The number of carbonyl (C=O) groups is 2. The summed E-state index contributed by atoms with van der Waals surface area (Å²) in [5, 5.41) is 5.72. The van der Waals surface area contributed by atoms with Crippen molar-refractivity contribution in [1.82, 2.24) is 19.9 Å². The molecule has 9 heteroatoms. The summed E-state index contributed by atoms with van der Waals surface area (Å²) in [7, 11) is -2.12. The van der Waals surface area contributed by atoms with Gasteiger partial charge in [-0.25, -0.2) is 13.4 Å². The standard InChI is InChI=1S/C19H30N4O4S/c1-19(2,3)12-15(20-4)18(25)22-14-8-7-11-23(13-16(14)24)28(26,27)17-9-5-6-10-21-17/h5-6,9-10,14-15,20H,7-8,11-13H2,1-4H3,(H,22,25)/t14?,15-/m0/s1. The number of Topliss-reactive ketones (excluding diaryl/α,β-unsaturated/α-hetero) is 1. The van der Waals surface area contributed by atoms with Crippen molar-refractivity contribution in [3.63, 3.8) is 0 Å². The number of pyridine rings is 1. The van der Waals surface area contributed by atoms with E-state index in [2.05, 4.69) is 15.6 Å². The van der Waals surface area contributed by atoms with Gasteiger partial charge in [0.05, 0.1) is 18.6 Å². The zero-order chi connectivity index (χ0) is 20.9. The lowest BCUT2D eigenvalue weighted by Crippen LogP contribution is -2.51. The second-order valence-corrected chi connectivity index (χ2v) is 10.2. The molecule has 1 unspecified atom stereocenters. The van der Waals surface area contributed by atoms with E-state index >= 15 is 0 Å². The lowest BCUT2D eigenvalue weighted by atomic mass is 9.87. The van der Waals surface area contributed by atoms with Gasteiger partial charge in [0, 0.05) is 12.7 Å². The fraction of sp³-hybridized carbons (Fsp3) is 0.632. The molecule has 1 amide bonds. The summed E-state index contributed by atoms with van der Waals surface area (Å²) in [5.41, 5.74) is -0.0496. The first-order chi connectivity index (χ1) is 13.0. The van der Waals surface area contributed by atoms with Gasteiger partial charge in [-0.15, -0.1) is 0 Å². The topological polar surface area (TPSA) is 108 Å². The van der Waals surface area contributed by atoms with Crippen LogP contribution in [0.2, 0.25) is 0 Å². The molecule has 1 fully saturated rings. The first kappa shape index (κ1) is 22.4. The molecule has 0 aliphatic carbocycles. The van der Waals surface area contributed by atoms with Crippen molar-refractivity contribution in [2.24, 2.45) is 5.41 Å². The molecule has 156 valence electrons. The van der Waals surface area contributed by atoms with E-state index in [0.717, 1.165) is 4.31 Å². The minimum Gasteiger partial charge on any atom is -0.345 e. The normalized spacial score (nSPS) is 20.4. The summed E-state index contributed by atoms with van der Waals surface area (Å²) < 4.78 is 26.6. The van der Waals surface area contributed by atoms with Crippen LogP contribution < -0.4 is 10.6 Å². The van der Waals surface area contributed by atoms with Crippen LogP contribution in [0.5, 0.6) is 0 Å². The summed E-state index contributed by atoms with van der Waals surface area (Å²) in [4.78, 5) is 29.2. The third-order valence-corrected chi connectivity index (χ3v) is 6.42. The number of ketones is 1. The van der Waals surface area contributed by atoms with Gasteiger partial charge in [-0.1, -0.05) is 26.8 Å². The van der Waals surface area contributed by atoms with Crippen LogP contribution in [0.1, 0.15) is 40.0 Å². The van der Waals surface area contributed by atoms with E-state index in [1.807, 2.05) is 20.8 Å². The van der Waals surface area contributed by atoms with Crippen LogP contribution in [0.4, 0.5) is 0 Å². The molecule has 1 aliphatic heterocycles. The summed E-state index contributed by atoms with van der Waals surface area (Å²) in [6, 6.07) is 3.54. The number of rotatable bonds is 6. The van der Waals surface area contributed by atoms with E-state index < -0.39 is 22.1 Å². The Morgan fingerprint density at radius 1 is 1.36 bits per heavy atom. The van der Waals surface area contributed by atoms with E-state index in [0.29, 0.717) is 19.3 Å². The molecule has 1 aromatic heterocycles. The van der Waals surface area contributed by atoms with Crippen molar-refractivity contribution in [1.29, 1.82) is 0 Å². The van der Waals surface area contributed by atoms with E-state index in [4.69, 9.17) is 0 Å². The Bertz CT molecular complexity index is 790. The van der Waals surface area contributed by atoms with Crippen LogP contribution in [0.15, 0.2) is 29.4 Å². The van der Waals surface area contributed by atoms with Gasteiger partial charge in [-0.2, -0.15) is 4.31 Å². The van der Waals surface area contributed by atoms with E-state index in [9.17, 15) is 18.0 Å². The quantitative estimate of drug-likeness (QED) is 0.723. The molecule has 8 nitrogen and oxygen atoms in total. The molecule has 1 saturated heterocycles. The highest BCUT2D eigenvalue weighted by Gasteiger charge is 2.34. The van der Waals surface area contributed by atoms with Crippen molar-refractivity contribution in [3.05, 3.63) is 24.4 Å². The number of carbonyl (C=O) groups excluding carboxylic acids is 2. The van der Waals surface area contributed by atoms with Crippen LogP contribution >= 0.6 is 0 Å². The molecule has 2 N–H and O–H groups in total. The fourth-order valence-corrected chi connectivity index (χ4v) is 4.57. The number of nitrogens with zero attached hydrogens (tertiary/aromatic N) is 2. The SMILES string of the molecule is CN[C@@H](CC(C)(C)C)C(=O)NC1CCCN(S(=O)(=O)c2ccccn2)CC1=O. The first-order valence-electron chi connectivity index (χ1n) is 9.46. The molecule has 0 spiro atoms. The molecule has 1 aromatic rings. The highest BCUT2D eigenvalue weighted by molar-refractivity contribution is 7.89. The Morgan fingerprint density at radius 3 is 2.64 bits per heavy atom.